The summed E-state index contributed by atoms with van der Waals surface area (Å²) in [6.45, 7) is 7.18. The fourth-order valence-electron chi connectivity index (χ4n) is 2.61. The summed E-state index contributed by atoms with van der Waals surface area (Å²) >= 11 is 0. The third-order valence-electron chi connectivity index (χ3n) is 3.96. The van der Waals surface area contributed by atoms with Crippen LogP contribution < -0.4 is 10.6 Å². The molecule has 0 radical (unpaired) electrons. The minimum absolute atomic E-state index is 0.0354. The van der Waals surface area contributed by atoms with E-state index in [9.17, 15) is 0 Å². The standard InChI is InChI=1S/C15H26N4O/c1-2-14(16)15-5-4-13(12-17-15)19-7-3-6-18(8-9-19)10-11-20/h4-5,12,14,20H,2-3,6-11,16H2,1H3/t14-/m1/s1. The lowest BCUT2D eigenvalue weighted by molar-refractivity contribution is 0.204. The van der Waals surface area contributed by atoms with Crippen molar-refractivity contribution in [3.05, 3.63) is 24.0 Å². The van der Waals surface area contributed by atoms with Crippen molar-refractivity contribution in [1.29, 1.82) is 0 Å². The molecule has 5 heteroatoms. The van der Waals surface area contributed by atoms with Gasteiger partial charge in [-0.25, -0.2) is 0 Å². The average Bonchev–Trinajstić information content (AvgIpc) is 2.73. The van der Waals surface area contributed by atoms with Gasteiger partial charge in [0.05, 0.1) is 24.2 Å². The maximum absolute atomic E-state index is 9.02. The van der Waals surface area contributed by atoms with Crippen LogP contribution in [-0.2, 0) is 0 Å². The van der Waals surface area contributed by atoms with E-state index in [0.29, 0.717) is 0 Å². The molecule has 20 heavy (non-hydrogen) atoms. The molecule has 0 aromatic carbocycles. The second kappa shape index (κ2) is 7.57. The Bertz CT molecular complexity index is 395. The summed E-state index contributed by atoms with van der Waals surface area (Å²) in [5.74, 6) is 0. The van der Waals surface area contributed by atoms with E-state index >= 15 is 0 Å². The van der Waals surface area contributed by atoms with E-state index in [4.69, 9.17) is 10.8 Å². The van der Waals surface area contributed by atoms with Gasteiger partial charge in [-0.2, -0.15) is 0 Å². The number of aliphatic hydroxyl groups excluding tert-OH is 1. The second-order valence-electron chi connectivity index (χ2n) is 5.36. The van der Waals surface area contributed by atoms with E-state index in [1.165, 1.54) is 5.69 Å². The predicted octanol–water partition coefficient (Wildman–Crippen LogP) is 0.996. The molecule has 0 unspecified atom stereocenters. The number of β-amino-alcohol motifs (C(OH)–C–C–N with tert-alkyl or cyclic N) is 1. The first kappa shape index (κ1) is 15.2. The largest absolute Gasteiger partial charge is 0.395 e. The zero-order valence-corrected chi connectivity index (χ0v) is 12.3. The van der Waals surface area contributed by atoms with Gasteiger partial charge in [0.25, 0.3) is 0 Å². The van der Waals surface area contributed by atoms with E-state index < -0.39 is 0 Å². The van der Waals surface area contributed by atoms with Crippen LogP contribution in [0.1, 0.15) is 31.5 Å². The topological polar surface area (TPSA) is 65.6 Å². The Kier molecular flexibility index (Phi) is 5.76. The van der Waals surface area contributed by atoms with Gasteiger partial charge in [0.1, 0.15) is 0 Å². The number of nitrogens with two attached hydrogens (primary N) is 1. The van der Waals surface area contributed by atoms with Gasteiger partial charge in [0, 0.05) is 32.2 Å². The van der Waals surface area contributed by atoms with Gasteiger partial charge in [-0.1, -0.05) is 6.92 Å². The van der Waals surface area contributed by atoms with Gasteiger partial charge < -0.3 is 15.7 Å². The van der Waals surface area contributed by atoms with Gasteiger partial charge in [-0.15, -0.1) is 0 Å². The van der Waals surface area contributed by atoms with Crippen molar-refractivity contribution in [2.45, 2.75) is 25.8 Å². The first-order valence-electron chi connectivity index (χ1n) is 7.54. The van der Waals surface area contributed by atoms with E-state index in [-0.39, 0.29) is 12.6 Å². The van der Waals surface area contributed by atoms with Crippen molar-refractivity contribution < 1.29 is 5.11 Å². The molecule has 0 aliphatic carbocycles. The molecule has 0 spiro atoms. The normalized spacial score (nSPS) is 18.9. The summed E-state index contributed by atoms with van der Waals surface area (Å²) in [7, 11) is 0. The quantitative estimate of drug-likeness (QED) is 0.841. The molecule has 5 nitrogen and oxygen atoms in total. The molecule has 3 N–H and O–H groups in total. The molecule has 1 saturated heterocycles. The maximum Gasteiger partial charge on any atom is 0.0572 e. The molecule has 0 saturated carbocycles. The number of hydrogen-bond acceptors (Lipinski definition) is 5. The highest BCUT2D eigenvalue weighted by atomic mass is 16.3. The van der Waals surface area contributed by atoms with Crippen LogP contribution in [0.5, 0.6) is 0 Å². The van der Waals surface area contributed by atoms with Gasteiger partial charge in [0.15, 0.2) is 0 Å². The number of aromatic nitrogens is 1. The zero-order valence-electron chi connectivity index (χ0n) is 12.3. The maximum atomic E-state index is 9.02. The zero-order chi connectivity index (χ0) is 14.4. The third-order valence-corrected chi connectivity index (χ3v) is 3.96. The molecular weight excluding hydrogens is 252 g/mol. The van der Waals surface area contributed by atoms with Gasteiger partial charge in [-0.3, -0.25) is 9.88 Å². The average molecular weight is 278 g/mol. The number of anilines is 1. The molecule has 2 heterocycles. The fraction of sp³-hybridized carbons (Fsp3) is 0.667. The van der Waals surface area contributed by atoms with Crippen LogP contribution in [0.25, 0.3) is 0 Å². The number of aliphatic hydroxyl groups is 1. The van der Waals surface area contributed by atoms with Crippen LogP contribution in [0.3, 0.4) is 0 Å². The van der Waals surface area contributed by atoms with E-state index in [1.807, 2.05) is 12.3 Å². The number of pyridine rings is 1. The Balaban J connectivity index is 1.97. The number of rotatable bonds is 5. The van der Waals surface area contributed by atoms with Crippen molar-refractivity contribution in [2.75, 3.05) is 44.2 Å². The monoisotopic (exact) mass is 278 g/mol. The van der Waals surface area contributed by atoms with E-state index in [2.05, 4.69) is 27.8 Å². The number of nitrogens with zero attached hydrogens (tertiary/aromatic N) is 3. The van der Waals surface area contributed by atoms with Crippen LogP contribution in [0.4, 0.5) is 5.69 Å². The Morgan fingerprint density at radius 1 is 1.30 bits per heavy atom. The Labute approximate surface area is 121 Å². The van der Waals surface area contributed by atoms with E-state index in [0.717, 1.165) is 51.3 Å². The smallest absolute Gasteiger partial charge is 0.0572 e. The molecule has 1 aromatic heterocycles. The van der Waals surface area contributed by atoms with Crippen molar-refractivity contribution in [3.8, 4) is 0 Å². The van der Waals surface area contributed by atoms with Gasteiger partial charge >= 0.3 is 0 Å². The fourth-order valence-corrected chi connectivity index (χ4v) is 2.61. The summed E-state index contributed by atoms with van der Waals surface area (Å²) < 4.78 is 0. The van der Waals surface area contributed by atoms with Crippen LogP contribution >= 0.6 is 0 Å². The van der Waals surface area contributed by atoms with Crippen LogP contribution in [0.2, 0.25) is 0 Å². The summed E-state index contributed by atoms with van der Waals surface area (Å²) in [6, 6.07) is 4.20. The molecule has 1 fully saturated rings. The first-order valence-corrected chi connectivity index (χ1v) is 7.54. The highest BCUT2D eigenvalue weighted by Crippen LogP contribution is 2.18. The highest BCUT2D eigenvalue weighted by Gasteiger charge is 2.15. The molecular formula is C15H26N4O. The van der Waals surface area contributed by atoms with Crippen LogP contribution in [0, 0.1) is 0 Å². The molecule has 1 aliphatic heterocycles. The summed E-state index contributed by atoms with van der Waals surface area (Å²) in [5, 5.41) is 9.02. The van der Waals surface area contributed by atoms with Crippen molar-refractivity contribution in [2.24, 2.45) is 5.73 Å². The highest BCUT2D eigenvalue weighted by molar-refractivity contribution is 5.45. The van der Waals surface area contributed by atoms with Crippen LogP contribution in [-0.4, -0.2) is 54.3 Å². The SMILES string of the molecule is CC[C@@H](N)c1ccc(N2CCCN(CCO)CC2)cn1. The molecule has 0 bridgehead atoms. The Morgan fingerprint density at radius 2 is 2.15 bits per heavy atom. The predicted molar refractivity (Wildman–Crippen MR) is 81.8 cm³/mol. The summed E-state index contributed by atoms with van der Waals surface area (Å²) in [5.41, 5.74) is 8.13. The van der Waals surface area contributed by atoms with E-state index in [1.54, 1.807) is 0 Å². The minimum atomic E-state index is 0.0354. The minimum Gasteiger partial charge on any atom is -0.395 e. The van der Waals surface area contributed by atoms with Crippen molar-refractivity contribution >= 4 is 5.69 Å². The Morgan fingerprint density at radius 3 is 2.80 bits per heavy atom. The Hall–Kier alpha value is -1.17. The van der Waals surface area contributed by atoms with Gasteiger partial charge in [0.2, 0.25) is 0 Å². The second-order valence-corrected chi connectivity index (χ2v) is 5.36. The summed E-state index contributed by atoms with van der Waals surface area (Å²) in [4.78, 5) is 9.17. The molecule has 1 atom stereocenters. The van der Waals surface area contributed by atoms with Crippen molar-refractivity contribution in [1.82, 2.24) is 9.88 Å². The van der Waals surface area contributed by atoms with Crippen LogP contribution in [0.15, 0.2) is 18.3 Å². The molecule has 1 aliphatic rings. The molecule has 0 amide bonds. The van der Waals surface area contributed by atoms with Gasteiger partial charge in [-0.05, 0) is 31.5 Å². The molecule has 112 valence electrons. The third kappa shape index (κ3) is 3.91. The number of hydrogen-bond donors (Lipinski definition) is 2. The lowest BCUT2D eigenvalue weighted by atomic mass is 10.1. The lowest BCUT2D eigenvalue weighted by Gasteiger charge is -2.23. The molecule has 2 rings (SSSR count). The van der Waals surface area contributed by atoms with Crippen molar-refractivity contribution in [3.63, 3.8) is 0 Å². The summed E-state index contributed by atoms with van der Waals surface area (Å²) in [6.07, 6.45) is 3.97. The first-order chi connectivity index (χ1) is 9.74. The molecule has 1 aromatic rings. The lowest BCUT2D eigenvalue weighted by Crippen LogP contribution is -2.32.